The molecule has 2 heteroatoms. The van der Waals surface area contributed by atoms with Crippen LogP contribution in [0.25, 0.3) is 0 Å². The fourth-order valence-corrected chi connectivity index (χ4v) is 4.34. The van der Waals surface area contributed by atoms with E-state index in [-0.39, 0.29) is 6.10 Å². The van der Waals surface area contributed by atoms with Gasteiger partial charge < -0.3 is 4.74 Å². The molecule has 0 saturated carbocycles. The van der Waals surface area contributed by atoms with Gasteiger partial charge in [-0.25, -0.2) is 0 Å². The Kier molecular flexibility index (Phi) is 5.00. The highest BCUT2D eigenvalue weighted by Gasteiger charge is 2.35. The summed E-state index contributed by atoms with van der Waals surface area (Å²) in [5, 5.41) is 0. The van der Waals surface area contributed by atoms with E-state index < -0.39 is 0 Å². The van der Waals surface area contributed by atoms with Crippen molar-refractivity contribution in [2.75, 3.05) is 13.7 Å². The predicted octanol–water partition coefficient (Wildman–Crippen LogP) is 4.98. The van der Waals surface area contributed by atoms with Gasteiger partial charge in [0.15, 0.2) is 0 Å². The van der Waals surface area contributed by atoms with Gasteiger partial charge in [-0.15, -0.1) is 0 Å². The van der Waals surface area contributed by atoms with E-state index in [9.17, 15) is 0 Å². The van der Waals surface area contributed by atoms with Gasteiger partial charge in [0, 0.05) is 12.1 Å². The topological polar surface area (TPSA) is 12.5 Å². The molecule has 2 heterocycles. The van der Waals surface area contributed by atoms with Gasteiger partial charge in [0.05, 0.1) is 6.61 Å². The SMILES string of the molecule is CN1[C@@H]2CC[C@H]1CC(=CCOC(c1ccccc1)c1ccccc1)C2. The lowest BCUT2D eigenvalue weighted by Gasteiger charge is -2.32. The minimum atomic E-state index is 0.00207. The zero-order chi connectivity index (χ0) is 17.1. The third-order valence-corrected chi connectivity index (χ3v) is 5.82. The van der Waals surface area contributed by atoms with Crippen LogP contribution in [-0.4, -0.2) is 30.6 Å². The molecule has 0 N–H and O–H groups in total. The van der Waals surface area contributed by atoms with E-state index in [4.69, 9.17) is 4.74 Å². The van der Waals surface area contributed by atoms with Gasteiger partial charge in [0.25, 0.3) is 0 Å². The maximum atomic E-state index is 6.34. The van der Waals surface area contributed by atoms with Crippen LogP contribution < -0.4 is 0 Å². The van der Waals surface area contributed by atoms with Gasteiger partial charge in [0.1, 0.15) is 6.10 Å². The van der Waals surface area contributed by atoms with Crippen molar-refractivity contribution in [1.82, 2.24) is 4.90 Å². The van der Waals surface area contributed by atoms with Gasteiger partial charge in [-0.1, -0.05) is 72.3 Å². The highest BCUT2D eigenvalue weighted by Crippen LogP contribution is 2.37. The van der Waals surface area contributed by atoms with E-state index in [1.165, 1.54) is 36.8 Å². The van der Waals surface area contributed by atoms with Crippen LogP contribution in [0.2, 0.25) is 0 Å². The van der Waals surface area contributed by atoms with Crippen LogP contribution >= 0.6 is 0 Å². The molecular weight excluding hydrogens is 306 g/mol. The van der Waals surface area contributed by atoms with Gasteiger partial charge in [-0.05, 0) is 43.9 Å². The van der Waals surface area contributed by atoms with Crippen molar-refractivity contribution in [3.63, 3.8) is 0 Å². The smallest absolute Gasteiger partial charge is 0.108 e. The Balaban J connectivity index is 1.46. The van der Waals surface area contributed by atoms with Gasteiger partial charge in [-0.3, -0.25) is 4.90 Å². The van der Waals surface area contributed by atoms with Crippen LogP contribution in [0, 0.1) is 0 Å². The maximum absolute atomic E-state index is 6.34. The van der Waals surface area contributed by atoms with Crippen LogP contribution in [0.5, 0.6) is 0 Å². The van der Waals surface area contributed by atoms with Gasteiger partial charge in [-0.2, -0.15) is 0 Å². The minimum Gasteiger partial charge on any atom is -0.365 e. The maximum Gasteiger partial charge on any atom is 0.108 e. The Morgan fingerprint density at radius 1 is 0.920 bits per heavy atom. The van der Waals surface area contributed by atoms with Gasteiger partial charge in [0.2, 0.25) is 0 Å². The van der Waals surface area contributed by atoms with Crippen LogP contribution in [0.3, 0.4) is 0 Å². The molecule has 2 aromatic carbocycles. The molecular formula is C23H27NO. The number of nitrogens with zero attached hydrogens (tertiary/aromatic N) is 1. The zero-order valence-corrected chi connectivity index (χ0v) is 15.0. The molecule has 2 atom stereocenters. The molecule has 2 fully saturated rings. The molecule has 0 spiro atoms. The molecule has 25 heavy (non-hydrogen) atoms. The molecule has 0 unspecified atom stereocenters. The van der Waals surface area contributed by atoms with E-state index in [0.717, 1.165) is 12.1 Å². The number of benzene rings is 2. The summed E-state index contributed by atoms with van der Waals surface area (Å²) in [6.07, 6.45) is 7.50. The first-order valence-corrected chi connectivity index (χ1v) is 9.42. The molecule has 2 aliphatic rings. The summed E-state index contributed by atoms with van der Waals surface area (Å²) in [5.74, 6) is 0. The second-order valence-electron chi connectivity index (χ2n) is 7.36. The van der Waals surface area contributed by atoms with Crippen molar-refractivity contribution in [3.05, 3.63) is 83.4 Å². The summed E-state index contributed by atoms with van der Waals surface area (Å²) < 4.78 is 6.34. The third kappa shape index (κ3) is 3.70. The lowest BCUT2D eigenvalue weighted by molar-refractivity contribution is 0.103. The van der Waals surface area contributed by atoms with E-state index in [2.05, 4.69) is 78.7 Å². The van der Waals surface area contributed by atoms with Crippen molar-refractivity contribution < 1.29 is 4.74 Å². The molecule has 0 aromatic heterocycles. The fourth-order valence-electron chi connectivity index (χ4n) is 4.34. The summed E-state index contributed by atoms with van der Waals surface area (Å²) in [5.41, 5.74) is 4.02. The molecule has 0 aliphatic carbocycles. The molecule has 130 valence electrons. The van der Waals surface area contributed by atoms with Crippen LogP contribution in [-0.2, 0) is 4.74 Å². The Labute approximate surface area is 151 Å². The van der Waals surface area contributed by atoms with Crippen LogP contribution in [0.15, 0.2) is 72.3 Å². The Morgan fingerprint density at radius 2 is 1.44 bits per heavy atom. The quantitative estimate of drug-likeness (QED) is 0.716. The average molecular weight is 333 g/mol. The van der Waals surface area contributed by atoms with Crippen LogP contribution in [0.4, 0.5) is 0 Å². The Hall–Kier alpha value is -1.90. The van der Waals surface area contributed by atoms with Crippen molar-refractivity contribution in [2.24, 2.45) is 0 Å². The van der Waals surface area contributed by atoms with Crippen molar-refractivity contribution >= 4 is 0 Å². The van der Waals surface area contributed by atoms with E-state index in [0.29, 0.717) is 6.61 Å². The first-order chi connectivity index (χ1) is 12.3. The first-order valence-electron chi connectivity index (χ1n) is 9.42. The summed E-state index contributed by atoms with van der Waals surface area (Å²) in [7, 11) is 2.29. The standard InChI is InChI=1S/C23H27NO/c1-24-21-12-13-22(24)17-18(16-21)14-15-25-23(19-8-4-2-5-9-19)20-10-6-3-7-11-20/h2-11,14,21-23H,12-13,15-17H2,1H3/t21-,22+. The lowest BCUT2D eigenvalue weighted by atomic mass is 9.97. The highest BCUT2D eigenvalue weighted by atomic mass is 16.5. The number of hydrogen-bond donors (Lipinski definition) is 0. The first kappa shape index (κ1) is 16.6. The van der Waals surface area contributed by atoms with E-state index in [1.54, 1.807) is 5.57 Å². The monoisotopic (exact) mass is 333 g/mol. The van der Waals surface area contributed by atoms with E-state index in [1.807, 2.05) is 0 Å². The summed E-state index contributed by atoms with van der Waals surface area (Å²) in [6.45, 7) is 0.687. The average Bonchev–Trinajstić information content (AvgIpc) is 2.87. The van der Waals surface area contributed by atoms with Crippen molar-refractivity contribution in [2.45, 2.75) is 43.9 Å². The van der Waals surface area contributed by atoms with E-state index >= 15 is 0 Å². The number of fused-ring (bicyclic) bond motifs is 2. The lowest BCUT2D eigenvalue weighted by Crippen LogP contribution is -2.37. The molecule has 2 saturated heterocycles. The summed E-state index contributed by atoms with van der Waals surface area (Å²) >= 11 is 0. The largest absolute Gasteiger partial charge is 0.365 e. The Bertz CT molecular complexity index is 654. The third-order valence-electron chi connectivity index (χ3n) is 5.82. The number of piperidine rings is 1. The summed E-state index contributed by atoms with van der Waals surface area (Å²) in [6, 6.07) is 22.6. The fraction of sp³-hybridized carbons (Fsp3) is 0.391. The normalized spacial score (nSPS) is 25.0. The highest BCUT2D eigenvalue weighted by molar-refractivity contribution is 5.30. The van der Waals surface area contributed by atoms with Gasteiger partial charge >= 0.3 is 0 Å². The molecule has 0 radical (unpaired) electrons. The number of hydrogen-bond acceptors (Lipinski definition) is 2. The molecule has 2 aliphatic heterocycles. The van der Waals surface area contributed by atoms with Crippen molar-refractivity contribution in [3.8, 4) is 0 Å². The predicted molar refractivity (Wildman–Crippen MR) is 103 cm³/mol. The molecule has 4 rings (SSSR count). The number of ether oxygens (including phenoxy) is 1. The Morgan fingerprint density at radius 3 is 1.96 bits per heavy atom. The summed E-state index contributed by atoms with van der Waals surface area (Å²) in [4.78, 5) is 2.58. The minimum absolute atomic E-state index is 0.00207. The second kappa shape index (κ2) is 7.55. The second-order valence-corrected chi connectivity index (χ2v) is 7.36. The molecule has 0 amide bonds. The number of rotatable bonds is 5. The zero-order valence-electron chi connectivity index (χ0n) is 15.0. The molecule has 2 nitrogen and oxygen atoms in total. The molecule has 2 aromatic rings. The molecule has 2 bridgehead atoms. The van der Waals surface area contributed by atoms with Crippen molar-refractivity contribution in [1.29, 1.82) is 0 Å². The van der Waals surface area contributed by atoms with Crippen LogP contribution in [0.1, 0.15) is 42.9 Å².